The lowest BCUT2D eigenvalue weighted by Crippen LogP contribution is -2.54. The van der Waals surface area contributed by atoms with Crippen molar-refractivity contribution in [2.24, 2.45) is 10.8 Å². The van der Waals surface area contributed by atoms with Gasteiger partial charge in [-0.1, -0.05) is 353 Å². The van der Waals surface area contributed by atoms with Crippen molar-refractivity contribution in [3.63, 3.8) is 0 Å². The van der Waals surface area contributed by atoms with Crippen molar-refractivity contribution in [3.05, 3.63) is 299 Å². The third-order valence-electron chi connectivity index (χ3n) is 34.9. The normalized spacial score (nSPS) is 24.6. The van der Waals surface area contributed by atoms with Crippen LogP contribution in [0.1, 0.15) is 380 Å². The van der Waals surface area contributed by atoms with E-state index in [2.05, 4.69) is 474 Å². The molecule has 8 aliphatic rings. The van der Waals surface area contributed by atoms with E-state index in [9.17, 15) is 0 Å². The van der Waals surface area contributed by atoms with E-state index < -0.39 is 0 Å². The molecule has 4 aliphatic heterocycles. The van der Waals surface area contributed by atoms with E-state index in [0.29, 0.717) is 10.0 Å². The van der Waals surface area contributed by atoms with Crippen LogP contribution < -0.4 is 29.8 Å². The SMILES string of the molecule is CC(C)(C)c1ccc(N(C2=CSC3(C)CCCCC23C)c2cc(C(C)(C)C)cc(Cl)c2Cl)cc1.CC(C)(C)c1ccc(N(C2=CSC3(C)CCCCC23C)c2cc(C(C)(C)C)cc(N3c4ccc(N(c5ccc(C(C)(C)C)cc5)c5ccc(C(C)(C)C)cc5)cc4C4(C)CCCCC34C)c2Cl)cc1.CC(C)(C)c1ccc(N(c2ccc(C(C)(C)C)cc2)c2ccc3c(c2)C2(C)CCCCC2(C)N3)cc1. The molecule has 4 aliphatic carbocycles. The molecule has 4 saturated carbocycles. The van der Waals surface area contributed by atoms with Crippen LogP contribution in [0.4, 0.5) is 73.9 Å². The van der Waals surface area contributed by atoms with E-state index >= 15 is 0 Å². The quantitative estimate of drug-likeness (QED) is 0.122. The first-order valence-electron chi connectivity index (χ1n) is 52.4. The summed E-state index contributed by atoms with van der Waals surface area (Å²) in [6.07, 6.45) is 19.6. The standard InChI is InChI=1S/C64H82ClN3S.C34H44N2.C30H39Cl2NS/c1-57(2,3)43-21-27-47(28-22-43)66(48-29-23-44(24-30-48)58(4,5)6)50-33-34-52-51(41-50)61(13)35-17-19-37-63(61,15)68(52)54-40-46(60(10,11)12)39-53(56(54)65)67(49-31-25-45(26-32-49)59(7,8)9)55-42-69-64(16)38-20-18-36-62(55,64)14;1-31(2,3)24-11-15-26(16-12-24)36(27-17-13-25(14-18-27)32(4,5)6)28-19-20-30-29(23-28)33(7)21-9-10-22-34(33,8)35-30;1-27(2,3)20-11-13-22(14-12-20)33(24-18-21(28(4,5)6)17-23(31)26(24)32)25-19-34-30(8)16-10-9-15-29(25,30)7/h21-34,39-42H,17-20,35-38H2,1-16H3;11-20,23,35H,9-10,21-22H2,1-8H3;11-14,17-19H,9-10,15-16H2,1-8H3. The van der Waals surface area contributed by atoms with Gasteiger partial charge in [-0.2, -0.15) is 0 Å². The topological polar surface area (TPSA) is 28.2 Å². The van der Waals surface area contributed by atoms with Crippen LogP contribution in [-0.2, 0) is 54.1 Å². The van der Waals surface area contributed by atoms with Gasteiger partial charge in [0.05, 0.1) is 37.7 Å². The van der Waals surface area contributed by atoms with Crippen molar-refractivity contribution in [2.45, 2.75) is 399 Å². The van der Waals surface area contributed by atoms with E-state index in [0.717, 1.165) is 40.6 Å². The van der Waals surface area contributed by atoms with E-state index in [1.54, 1.807) is 0 Å². The summed E-state index contributed by atoms with van der Waals surface area (Å²) in [6.45, 7) is 74.9. The molecule has 4 heterocycles. The van der Waals surface area contributed by atoms with E-state index in [4.69, 9.17) is 34.8 Å². The Kier molecular flexibility index (Phi) is 27.6. The zero-order chi connectivity index (χ0) is 101. The molecule has 0 radical (unpaired) electrons. The van der Waals surface area contributed by atoms with Gasteiger partial charge in [0.1, 0.15) is 0 Å². The first kappa shape index (κ1) is 104. The number of hydrogen-bond acceptors (Lipinski definition) is 8. The number of allylic oxidation sites excluding steroid dienone is 2. The predicted molar refractivity (Wildman–Crippen MR) is 612 cm³/mol. The minimum atomic E-state index is -0.216. The number of benzene rings is 10. The molecule has 740 valence electrons. The highest BCUT2D eigenvalue weighted by molar-refractivity contribution is 8.04. The van der Waals surface area contributed by atoms with Gasteiger partial charge >= 0.3 is 0 Å². The van der Waals surface area contributed by atoms with Crippen molar-refractivity contribution in [3.8, 4) is 0 Å². The van der Waals surface area contributed by atoms with Crippen molar-refractivity contribution in [1.82, 2.24) is 0 Å². The minimum absolute atomic E-state index is 0.0174. The number of nitrogens with one attached hydrogen (secondary N) is 1. The molecule has 8 unspecified atom stereocenters. The smallest absolute Gasteiger partial charge is 0.0883 e. The van der Waals surface area contributed by atoms with Crippen LogP contribution in [0, 0.1) is 10.8 Å². The molecule has 1 N–H and O–H groups in total. The fourth-order valence-electron chi connectivity index (χ4n) is 24.2. The van der Waals surface area contributed by atoms with Gasteiger partial charge in [-0.15, -0.1) is 23.5 Å². The van der Waals surface area contributed by atoms with Crippen molar-refractivity contribution in [1.29, 1.82) is 0 Å². The van der Waals surface area contributed by atoms with Crippen molar-refractivity contribution < 1.29 is 0 Å². The summed E-state index contributed by atoms with van der Waals surface area (Å²) in [6, 6.07) is 78.9. The Bertz CT molecular complexity index is 6140. The molecule has 4 fully saturated rings. The Morgan fingerprint density at radius 3 is 0.914 bits per heavy atom. The molecule has 18 rings (SSSR count). The van der Waals surface area contributed by atoms with E-state index in [1.165, 1.54) is 208 Å². The second-order valence-corrected chi connectivity index (χ2v) is 56.5. The molecule has 11 heteroatoms. The van der Waals surface area contributed by atoms with Gasteiger partial charge in [-0.05, 0) is 322 Å². The highest BCUT2D eigenvalue weighted by Gasteiger charge is 2.61. The highest BCUT2D eigenvalue weighted by atomic mass is 35.5. The summed E-state index contributed by atoms with van der Waals surface area (Å²) in [5.41, 5.74) is 31.8. The van der Waals surface area contributed by atoms with Crippen LogP contribution >= 0.6 is 58.3 Å². The molecule has 10 aromatic carbocycles. The van der Waals surface area contributed by atoms with E-state index in [1.807, 2.05) is 17.8 Å². The average Bonchev–Trinajstić information content (AvgIpc) is 1.53. The maximum Gasteiger partial charge on any atom is 0.0883 e. The molecule has 0 saturated heterocycles. The van der Waals surface area contributed by atoms with Crippen molar-refractivity contribution in [2.75, 3.05) is 29.8 Å². The molecular formula is C128H165Cl3N6S2. The number of nitrogens with zero attached hydrogens (tertiary/aromatic N) is 5. The Morgan fingerprint density at radius 1 is 0.266 bits per heavy atom. The average molecular weight is 1960 g/mol. The van der Waals surface area contributed by atoms with Crippen LogP contribution in [0.25, 0.3) is 0 Å². The van der Waals surface area contributed by atoms with E-state index in [-0.39, 0.29) is 85.6 Å². The van der Waals surface area contributed by atoms with Crippen molar-refractivity contribution >= 4 is 132 Å². The largest absolute Gasteiger partial charge is 0.379 e. The van der Waals surface area contributed by atoms with Crippen LogP contribution in [-0.4, -0.2) is 20.6 Å². The number of hydrogen-bond donors (Lipinski definition) is 1. The number of thioether (sulfide) groups is 2. The Hall–Kier alpha value is -7.95. The van der Waals surface area contributed by atoms with Crippen LogP contribution in [0.15, 0.2) is 228 Å². The van der Waals surface area contributed by atoms with Gasteiger partial charge in [0.2, 0.25) is 0 Å². The van der Waals surface area contributed by atoms with Gasteiger partial charge in [-0.3, -0.25) is 0 Å². The van der Waals surface area contributed by atoms with Crippen LogP contribution in [0.2, 0.25) is 15.1 Å². The van der Waals surface area contributed by atoms with Crippen LogP contribution in [0.5, 0.6) is 0 Å². The lowest BCUT2D eigenvalue weighted by atomic mass is 9.61. The summed E-state index contributed by atoms with van der Waals surface area (Å²) in [7, 11) is 0. The molecule has 6 nitrogen and oxygen atoms in total. The van der Waals surface area contributed by atoms with Gasteiger partial charge in [-0.25, -0.2) is 0 Å². The minimum Gasteiger partial charge on any atom is -0.379 e. The van der Waals surface area contributed by atoms with Gasteiger partial charge in [0.25, 0.3) is 0 Å². The maximum atomic E-state index is 8.30. The second-order valence-electron chi connectivity index (χ2n) is 52.6. The maximum absolute atomic E-state index is 8.30. The number of halogens is 3. The summed E-state index contributed by atoms with van der Waals surface area (Å²) >= 11 is 26.1. The molecule has 8 atom stereocenters. The number of anilines is 13. The fourth-order valence-corrected chi connectivity index (χ4v) is 27.8. The van der Waals surface area contributed by atoms with Gasteiger partial charge in [0, 0.05) is 105 Å². The molecule has 0 aromatic heterocycles. The Labute approximate surface area is 864 Å². The lowest BCUT2D eigenvalue weighted by molar-refractivity contribution is 0.195. The second kappa shape index (κ2) is 37.0. The predicted octanol–water partition coefficient (Wildman–Crippen LogP) is 40.2. The summed E-state index contributed by atoms with van der Waals surface area (Å²) in [4.78, 5) is 12.6. The Morgan fingerprint density at radius 2 is 0.554 bits per heavy atom. The summed E-state index contributed by atoms with van der Waals surface area (Å²) in [5.74, 6) is 0. The summed E-state index contributed by atoms with van der Waals surface area (Å²) in [5, 5.41) is 10.9. The molecule has 10 aromatic rings. The third-order valence-corrected chi connectivity index (χ3v) is 39.1. The number of fused-ring (bicyclic) bond motifs is 8. The zero-order valence-electron chi connectivity index (χ0n) is 90.8. The third kappa shape index (κ3) is 19.2. The molecule has 0 amide bonds. The fraction of sp³-hybridized carbons (Fsp3) is 0.500. The monoisotopic (exact) mass is 1960 g/mol. The highest BCUT2D eigenvalue weighted by Crippen LogP contribution is 2.69. The lowest BCUT2D eigenvalue weighted by Gasteiger charge is -2.51. The Balaban J connectivity index is 0.000000167. The molecule has 0 bridgehead atoms. The first-order chi connectivity index (χ1) is 64.6. The zero-order valence-corrected chi connectivity index (χ0v) is 94.7. The van der Waals surface area contributed by atoms with Gasteiger partial charge in [0.15, 0.2) is 0 Å². The van der Waals surface area contributed by atoms with Crippen LogP contribution in [0.3, 0.4) is 0 Å². The number of rotatable bonds is 13. The molecule has 139 heavy (non-hydrogen) atoms. The summed E-state index contributed by atoms with van der Waals surface area (Å²) < 4.78 is 0.323. The van der Waals surface area contributed by atoms with Gasteiger partial charge < -0.3 is 29.8 Å². The molecular weight excluding hydrogens is 1790 g/mol. The molecule has 0 spiro atoms. The first-order valence-corrected chi connectivity index (χ1v) is 55.3.